The van der Waals surface area contributed by atoms with Crippen molar-refractivity contribution in [1.29, 1.82) is 0 Å². The Morgan fingerprint density at radius 2 is 1.70 bits per heavy atom. The topological polar surface area (TPSA) is 42.2 Å². The summed E-state index contributed by atoms with van der Waals surface area (Å²) in [5, 5.41) is 2.47. The minimum absolute atomic E-state index is 0.723. The molecule has 0 unspecified atom stereocenters. The summed E-state index contributed by atoms with van der Waals surface area (Å²) < 4.78 is 0. The van der Waals surface area contributed by atoms with E-state index < -0.39 is 0 Å². The van der Waals surface area contributed by atoms with Crippen LogP contribution in [-0.2, 0) is 0 Å². The molecule has 0 saturated heterocycles. The summed E-state index contributed by atoms with van der Waals surface area (Å²) in [5.41, 5.74) is 8.51. The highest BCUT2D eigenvalue weighted by Gasteiger charge is 2.07. The van der Waals surface area contributed by atoms with Gasteiger partial charge in [-0.15, -0.1) is 0 Å². The van der Waals surface area contributed by atoms with Gasteiger partial charge < -0.3 is 10.6 Å². The van der Waals surface area contributed by atoms with Crippen LogP contribution < -0.4 is 10.6 Å². The molecular weight excluding hydrogens is 246 g/mol. The number of rotatable bonds is 2. The summed E-state index contributed by atoms with van der Waals surface area (Å²) in [6.07, 6.45) is 0. The van der Waals surface area contributed by atoms with Crippen molar-refractivity contribution in [2.45, 2.75) is 6.92 Å². The van der Waals surface area contributed by atoms with Crippen LogP contribution in [0.5, 0.6) is 0 Å². The van der Waals surface area contributed by atoms with Gasteiger partial charge >= 0.3 is 0 Å². The molecule has 0 atom stereocenters. The molecule has 2 aromatic carbocycles. The number of aryl methyl sites for hydroxylation is 1. The Labute approximate surface area is 118 Å². The first-order chi connectivity index (χ1) is 9.65. The Bertz CT molecular complexity index is 765. The van der Waals surface area contributed by atoms with E-state index in [1.165, 1.54) is 10.8 Å². The number of nitrogen functional groups attached to an aromatic ring is 1. The molecule has 3 aromatic rings. The van der Waals surface area contributed by atoms with Gasteiger partial charge in [-0.2, -0.15) is 0 Å². The molecule has 0 radical (unpaired) electrons. The molecule has 3 rings (SSSR count). The number of nitrogens with two attached hydrogens (primary N) is 1. The van der Waals surface area contributed by atoms with Crippen LogP contribution in [-0.4, -0.2) is 12.0 Å². The summed E-state index contributed by atoms with van der Waals surface area (Å²) >= 11 is 0. The second-order valence-corrected chi connectivity index (χ2v) is 4.93. The van der Waals surface area contributed by atoms with E-state index in [0.717, 1.165) is 22.9 Å². The Balaban J connectivity index is 2.02. The molecule has 0 spiro atoms. The van der Waals surface area contributed by atoms with Gasteiger partial charge in [0.25, 0.3) is 0 Å². The molecule has 3 nitrogen and oxygen atoms in total. The lowest BCUT2D eigenvalue weighted by Crippen LogP contribution is -2.12. The minimum atomic E-state index is 0.723. The van der Waals surface area contributed by atoms with Crippen molar-refractivity contribution in [2.24, 2.45) is 0 Å². The van der Waals surface area contributed by atoms with Gasteiger partial charge in [0.1, 0.15) is 5.82 Å². The van der Waals surface area contributed by atoms with Gasteiger partial charge in [0.05, 0.1) is 11.4 Å². The van der Waals surface area contributed by atoms with E-state index in [4.69, 9.17) is 5.73 Å². The third kappa shape index (κ3) is 2.18. The standard InChI is InChI=1S/C17H17N3/c1-12-16(18)9-10-17(19-12)20(2)15-8-7-13-5-3-4-6-14(13)11-15/h3-11H,18H2,1-2H3. The van der Waals surface area contributed by atoms with E-state index in [-0.39, 0.29) is 0 Å². The maximum atomic E-state index is 5.82. The van der Waals surface area contributed by atoms with Gasteiger partial charge in [0, 0.05) is 12.7 Å². The molecule has 0 bridgehead atoms. The van der Waals surface area contributed by atoms with Crippen LogP contribution in [0.3, 0.4) is 0 Å². The number of benzene rings is 2. The van der Waals surface area contributed by atoms with Crippen molar-refractivity contribution in [1.82, 2.24) is 4.98 Å². The zero-order valence-electron chi connectivity index (χ0n) is 11.7. The Morgan fingerprint density at radius 3 is 2.45 bits per heavy atom. The third-order valence-corrected chi connectivity index (χ3v) is 3.58. The molecule has 0 aliphatic carbocycles. The smallest absolute Gasteiger partial charge is 0.133 e. The van der Waals surface area contributed by atoms with Crippen LogP contribution >= 0.6 is 0 Å². The fourth-order valence-electron chi connectivity index (χ4n) is 2.26. The van der Waals surface area contributed by atoms with E-state index in [1.54, 1.807) is 0 Å². The van der Waals surface area contributed by atoms with Gasteiger partial charge in [-0.25, -0.2) is 4.98 Å². The Hall–Kier alpha value is -2.55. The van der Waals surface area contributed by atoms with E-state index >= 15 is 0 Å². The second-order valence-electron chi connectivity index (χ2n) is 4.93. The largest absolute Gasteiger partial charge is 0.397 e. The lowest BCUT2D eigenvalue weighted by molar-refractivity contribution is 1.10. The molecule has 0 fully saturated rings. The zero-order chi connectivity index (χ0) is 14.1. The van der Waals surface area contributed by atoms with Crippen molar-refractivity contribution in [3.05, 3.63) is 60.3 Å². The highest BCUT2D eigenvalue weighted by Crippen LogP contribution is 2.26. The first kappa shape index (κ1) is 12.5. The van der Waals surface area contributed by atoms with Crippen molar-refractivity contribution in [3.8, 4) is 0 Å². The number of anilines is 3. The van der Waals surface area contributed by atoms with E-state index in [1.807, 2.05) is 26.1 Å². The van der Waals surface area contributed by atoms with Gasteiger partial charge in [-0.3, -0.25) is 0 Å². The molecule has 1 heterocycles. The fourth-order valence-corrected chi connectivity index (χ4v) is 2.26. The molecule has 1 aromatic heterocycles. The van der Waals surface area contributed by atoms with Crippen LogP contribution in [0.4, 0.5) is 17.2 Å². The van der Waals surface area contributed by atoms with Crippen molar-refractivity contribution in [2.75, 3.05) is 17.7 Å². The average Bonchev–Trinajstić information content (AvgIpc) is 2.49. The van der Waals surface area contributed by atoms with Crippen LogP contribution in [0.25, 0.3) is 10.8 Å². The fraction of sp³-hybridized carbons (Fsp3) is 0.118. The maximum absolute atomic E-state index is 5.82. The summed E-state index contributed by atoms with van der Waals surface area (Å²) in [5.74, 6) is 0.895. The quantitative estimate of drug-likeness (QED) is 0.762. The number of hydrogen-bond acceptors (Lipinski definition) is 3. The Morgan fingerprint density at radius 1 is 0.950 bits per heavy atom. The molecule has 2 N–H and O–H groups in total. The SMILES string of the molecule is Cc1nc(N(C)c2ccc3ccccc3c2)ccc1N. The van der Waals surface area contributed by atoms with Crippen molar-refractivity contribution in [3.63, 3.8) is 0 Å². The minimum Gasteiger partial charge on any atom is -0.397 e. The van der Waals surface area contributed by atoms with Crippen molar-refractivity contribution >= 4 is 28.0 Å². The lowest BCUT2D eigenvalue weighted by Gasteiger charge is -2.19. The molecule has 0 aliphatic rings. The van der Waals surface area contributed by atoms with E-state index in [0.29, 0.717) is 0 Å². The number of hydrogen-bond donors (Lipinski definition) is 1. The van der Waals surface area contributed by atoms with Crippen molar-refractivity contribution < 1.29 is 0 Å². The Kier molecular flexibility index (Phi) is 3.03. The number of nitrogens with zero attached hydrogens (tertiary/aromatic N) is 2. The average molecular weight is 263 g/mol. The van der Waals surface area contributed by atoms with Gasteiger partial charge in [0.15, 0.2) is 0 Å². The molecule has 3 heteroatoms. The first-order valence-corrected chi connectivity index (χ1v) is 6.61. The summed E-state index contributed by atoms with van der Waals surface area (Å²) in [6, 6.07) is 18.6. The zero-order valence-corrected chi connectivity index (χ0v) is 11.7. The molecule has 100 valence electrons. The molecule has 20 heavy (non-hydrogen) atoms. The second kappa shape index (κ2) is 4.85. The highest BCUT2D eigenvalue weighted by atomic mass is 15.2. The van der Waals surface area contributed by atoms with Gasteiger partial charge in [-0.05, 0) is 42.0 Å². The molecule has 0 amide bonds. The van der Waals surface area contributed by atoms with E-state index in [9.17, 15) is 0 Å². The predicted octanol–water partition coefficient (Wildman–Crippen LogP) is 3.89. The number of aromatic nitrogens is 1. The molecular formula is C17H17N3. The van der Waals surface area contributed by atoms with Crippen LogP contribution in [0, 0.1) is 6.92 Å². The van der Waals surface area contributed by atoms with Crippen LogP contribution in [0.15, 0.2) is 54.6 Å². The first-order valence-electron chi connectivity index (χ1n) is 6.61. The van der Waals surface area contributed by atoms with E-state index in [2.05, 4.69) is 52.3 Å². The summed E-state index contributed by atoms with van der Waals surface area (Å²) in [7, 11) is 2.02. The van der Waals surface area contributed by atoms with Crippen LogP contribution in [0.2, 0.25) is 0 Å². The summed E-state index contributed by atoms with van der Waals surface area (Å²) in [4.78, 5) is 6.60. The van der Waals surface area contributed by atoms with Crippen LogP contribution in [0.1, 0.15) is 5.69 Å². The lowest BCUT2D eigenvalue weighted by atomic mass is 10.1. The highest BCUT2D eigenvalue weighted by molar-refractivity contribution is 5.86. The monoisotopic (exact) mass is 263 g/mol. The third-order valence-electron chi connectivity index (χ3n) is 3.58. The maximum Gasteiger partial charge on any atom is 0.133 e. The van der Waals surface area contributed by atoms with Gasteiger partial charge in [0.2, 0.25) is 0 Å². The number of pyridine rings is 1. The summed E-state index contributed by atoms with van der Waals surface area (Å²) in [6.45, 7) is 1.92. The normalized spacial score (nSPS) is 10.7. The predicted molar refractivity (Wildman–Crippen MR) is 85.4 cm³/mol. The number of fused-ring (bicyclic) bond motifs is 1. The molecule has 0 aliphatic heterocycles. The molecule has 0 saturated carbocycles. The van der Waals surface area contributed by atoms with Gasteiger partial charge in [-0.1, -0.05) is 30.3 Å².